The number of carbonyl (C=O) groups excluding carboxylic acids is 1. The fraction of sp³-hybridized carbons (Fsp3) is 0.250. The minimum atomic E-state index is -0.201. The Morgan fingerprint density at radius 1 is 1.20 bits per heavy atom. The normalized spacial score (nSPS) is 14.8. The van der Waals surface area contributed by atoms with Crippen LogP contribution in [0.2, 0.25) is 0 Å². The van der Waals surface area contributed by atoms with Gasteiger partial charge in [-0.2, -0.15) is 0 Å². The second-order valence-corrected chi connectivity index (χ2v) is 11.5. The molecule has 6 rings (SSSR count). The Morgan fingerprint density at radius 3 is 2.78 bits per heavy atom. The number of para-hydroxylation sites is 1. The Balaban J connectivity index is 1.24. The van der Waals surface area contributed by atoms with Gasteiger partial charge in [0.2, 0.25) is 0 Å². The van der Waals surface area contributed by atoms with Crippen LogP contribution in [0.4, 0.5) is 11.5 Å². The van der Waals surface area contributed by atoms with E-state index in [4.69, 9.17) is 10.5 Å². The first-order chi connectivity index (χ1) is 19.9. The van der Waals surface area contributed by atoms with Crippen LogP contribution < -0.4 is 15.8 Å². The lowest BCUT2D eigenvalue weighted by Crippen LogP contribution is -2.35. The highest BCUT2D eigenvalue weighted by molar-refractivity contribution is 7.22. The molecule has 1 aliphatic rings. The van der Waals surface area contributed by atoms with Crippen molar-refractivity contribution in [2.24, 2.45) is 7.05 Å². The number of methoxy groups -OCH3 is 1. The third kappa shape index (κ3) is 5.44. The number of carbonyl (C=O) groups is 1. The van der Waals surface area contributed by atoms with E-state index in [2.05, 4.69) is 33.4 Å². The van der Waals surface area contributed by atoms with E-state index in [9.17, 15) is 9.90 Å². The number of benzene rings is 2. The number of nitrogens with zero attached hydrogens (tertiary/aromatic N) is 3. The summed E-state index contributed by atoms with van der Waals surface area (Å²) in [6, 6.07) is 17.7. The molecular weight excluding hydrogens is 534 g/mol. The molecule has 1 aliphatic heterocycles. The molecule has 0 unspecified atom stereocenters. The number of nitrogen functional groups attached to an aromatic ring is 1. The van der Waals surface area contributed by atoms with Crippen molar-refractivity contribution in [1.82, 2.24) is 14.5 Å². The van der Waals surface area contributed by atoms with Crippen LogP contribution in [0.1, 0.15) is 28.9 Å². The third-order valence-corrected chi connectivity index (χ3v) is 8.98. The highest BCUT2D eigenvalue weighted by Gasteiger charge is 2.18. The first kappa shape index (κ1) is 27.0. The van der Waals surface area contributed by atoms with Crippen LogP contribution in [0.15, 0.2) is 66.9 Å². The quantitative estimate of drug-likeness (QED) is 0.231. The highest BCUT2D eigenvalue weighted by atomic mass is 32.1. The average Bonchev–Trinajstić information content (AvgIpc) is 3.58. The number of rotatable bonds is 7. The summed E-state index contributed by atoms with van der Waals surface area (Å²) in [7, 11) is 3.49. The summed E-state index contributed by atoms with van der Waals surface area (Å²) < 4.78 is 8.65. The van der Waals surface area contributed by atoms with Crippen molar-refractivity contribution >= 4 is 55.8 Å². The molecule has 1 fully saturated rings. The lowest BCUT2D eigenvalue weighted by atomic mass is 10.1. The molecule has 9 heteroatoms. The Morgan fingerprint density at radius 2 is 2.00 bits per heavy atom. The van der Waals surface area contributed by atoms with Crippen molar-refractivity contribution in [2.75, 3.05) is 37.8 Å². The summed E-state index contributed by atoms with van der Waals surface area (Å²) in [6.45, 7) is 2.65. The van der Waals surface area contributed by atoms with Crippen LogP contribution in [0.25, 0.3) is 37.5 Å². The number of thiophene rings is 1. The summed E-state index contributed by atoms with van der Waals surface area (Å²) in [5.74, 6) is 0.869. The van der Waals surface area contributed by atoms with Gasteiger partial charge in [-0.15, -0.1) is 11.3 Å². The Hall–Kier alpha value is -4.18. The number of aliphatic hydroxyl groups excluding tert-OH is 1. The summed E-state index contributed by atoms with van der Waals surface area (Å²) in [5.41, 5.74) is 10.4. The van der Waals surface area contributed by atoms with E-state index in [0.29, 0.717) is 22.9 Å². The molecule has 0 saturated carbocycles. The van der Waals surface area contributed by atoms with Gasteiger partial charge in [0.25, 0.3) is 5.91 Å². The van der Waals surface area contributed by atoms with Crippen LogP contribution in [0, 0.1) is 0 Å². The molecule has 0 spiro atoms. The van der Waals surface area contributed by atoms with Crippen molar-refractivity contribution in [3.8, 4) is 16.2 Å². The minimum Gasteiger partial charge on any atom is -0.495 e. The number of pyridine rings is 1. The van der Waals surface area contributed by atoms with Crippen molar-refractivity contribution < 1.29 is 14.6 Å². The average molecular weight is 568 g/mol. The molecule has 0 atom stereocenters. The molecule has 0 radical (unpaired) electrons. The summed E-state index contributed by atoms with van der Waals surface area (Å²) in [5, 5.41) is 14.7. The zero-order valence-corrected chi connectivity index (χ0v) is 23.9. The summed E-state index contributed by atoms with van der Waals surface area (Å²) >= 11 is 1.65. The molecule has 1 amide bonds. The van der Waals surface area contributed by atoms with E-state index in [1.807, 2.05) is 66.3 Å². The van der Waals surface area contributed by atoms with Crippen LogP contribution in [-0.2, 0) is 7.05 Å². The smallest absolute Gasteiger partial charge is 0.272 e. The van der Waals surface area contributed by atoms with E-state index in [1.165, 1.54) is 0 Å². The molecule has 4 heterocycles. The van der Waals surface area contributed by atoms with Crippen LogP contribution in [0.3, 0.4) is 0 Å². The molecule has 8 nitrogen and oxygen atoms in total. The molecule has 41 heavy (non-hydrogen) atoms. The molecule has 0 bridgehead atoms. The van der Waals surface area contributed by atoms with Gasteiger partial charge in [-0.25, -0.2) is 4.98 Å². The van der Waals surface area contributed by atoms with E-state index in [1.54, 1.807) is 18.4 Å². The predicted octanol–water partition coefficient (Wildman–Crippen LogP) is 5.77. The standard InChI is InChI=1S/C32H33N5O3S/c1-36-26-8-4-3-6-20(26)16-27(36)32(39)35-25-10-9-21(17-28(25)40-2)29-18-24-30(41-29)22(19-34-31(24)33)7-5-13-37-14-11-23(38)12-15-37/h3-10,16-19,23,38H,11-15H2,1-2H3,(H2,33,34)(H,35,39)/b7-5+. The van der Waals surface area contributed by atoms with Gasteiger partial charge < -0.3 is 25.5 Å². The fourth-order valence-corrected chi connectivity index (χ4v) is 6.55. The summed E-state index contributed by atoms with van der Waals surface area (Å²) in [4.78, 5) is 21.0. The molecule has 3 aromatic heterocycles. The molecule has 4 N–H and O–H groups in total. The monoisotopic (exact) mass is 567 g/mol. The lowest BCUT2D eigenvalue weighted by Gasteiger charge is -2.28. The number of amides is 1. The molecule has 210 valence electrons. The number of aliphatic hydroxyl groups is 1. The Kier molecular flexibility index (Phi) is 7.49. The molecular formula is C32H33N5O3S. The van der Waals surface area contributed by atoms with Gasteiger partial charge in [-0.1, -0.05) is 36.4 Å². The number of hydrogen-bond donors (Lipinski definition) is 3. The molecule has 1 saturated heterocycles. The number of nitrogens with two attached hydrogens (primary N) is 1. The van der Waals surface area contributed by atoms with Gasteiger partial charge in [0.15, 0.2) is 0 Å². The number of aromatic nitrogens is 2. The van der Waals surface area contributed by atoms with Crippen molar-refractivity contribution in [1.29, 1.82) is 0 Å². The summed E-state index contributed by atoms with van der Waals surface area (Å²) in [6.07, 6.45) is 7.55. The van der Waals surface area contributed by atoms with Crippen LogP contribution in [-0.4, -0.2) is 58.3 Å². The fourth-order valence-electron chi connectivity index (χ4n) is 5.40. The minimum absolute atomic E-state index is 0.172. The van der Waals surface area contributed by atoms with Crippen molar-refractivity contribution in [3.63, 3.8) is 0 Å². The Bertz CT molecular complexity index is 1760. The van der Waals surface area contributed by atoms with E-state index in [-0.39, 0.29) is 12.0 Å². The van der Waals surface area contributed by atoms with E-state index in [0.717, 1.165) is 69.5 Å². The largest absolute Gasteiger partial charge is 0.495 e. The topological polar surface area (TPSA) is 106 Å². The van der Waals surface area contributed by atoms with Crippen LogP contribution in [0.5, 0.6) is 5.75 Å². The molecule has 5 aromatic rings. The van der Waals surface area contributed by atoms with Gasteiger partial charge >= 0.3 is 0 Å². The number of anilines is 2. The van der Waals surface area contributed by atoms with E-state index < -0.39 is 0 Å². The second kappa shape index (κ2) is 11.4. The first-order valence-electron chi connectivity index (χ1n) is 13.7. The number of piperidine rings is 1. The number of fused-ring (bicyclic) bond motifs is 2. The zero-order chi connectivity index (χ0) is 28.5. The van der Waals surface area contributed by atoms with Crippen molar-refractivity contribution in [2.45, 2.75) is 18.9 Å². The predicted molar refractivity (Wildman–Crippen MR) is 168 cm³/mol. The van der Waals surface area contributed by atoms with Crippen LogP contribution >= 0.6 is 11.3 Å². The number of hydrogen-bond acceptors (Lipinski definition) is 7. The van der Waals surface area contributed by atoms with Gasteiger partial charge in [0.05, 0.1) is 18.9 Å². The van der Waals surface area contributed by atoms with E-state index >= 15 is 0 Å². The maximum absolute atomic E-state index is 13.2. The second-order valence-electron chi connectivity index (χ2n) is 10.4. The maximum Gasteiger partial charge on any atom is 0.272 e. The van der Waals surface area contributed by atoms with Gasteiger partial charge in [0, 0.05) is 64.3 Å². The number of nitrogens with one attached hydrogen (secondary N) is 1. The maximum atomic E-state index is 13.2. The Labute approximate surface area is 242 Å². The number of aryl methyl sites for hydroxylation is 1. The van der Waals surface area contributed by atoms with Crippen molar-refractivity contribution in [3.05, 3.63) is 78.1 Å². The third-order valence-electron chi connectivity index (χ3n) is 7.75. The van der Waals surface area contributed by atoms with Gasteiger partial charge in [-0.3, -0.25) is 9.69 Å². The lowest BCUT2D eigenvalue weighted by molar-refractivity contribution is 0.0881. The zero-order valence-electron chi connectivity index (χ0n) is 23.1. The van der Waals surface area contributed by atoms with Gasteiger partial charge in [0.1, 0.15) is 17.3 Å². The number of ether oxygens (including phenoxy) is 1. The first-order valence-corrected chi connectivity index (χ1v) is 14.5. The number of likely N-dealkylation sites (tertiary alicyclic amines) is 1. The molecule has 0 aliphatic carbocycles. The molecule has 2 aromatic carbocycles. The SMILES string of the molecule is COc1cc(-c2cc3c(N)ncc(/C=C/CN4CCC(O)CC4)c3s2)ccc1NC(=O)c1cc2ccccc2n1C. The highest BCUT2D eigenvalue weighted by Crippen LogP contribution is 2.40. The van der Waals surface area contributed by atoms with Gasteiger partial charge in [-0.05, 0) is 48.7 Å².